The van der Waals surface area contributed by atoms with Crippen LogP contribution in [0.25, 0.3) is 0 Å². The zero-order valence-electron chi connectivity index (χ0n) is 18.2. The number of pyridine rings is 1. The van der Waals surface area contributed by atoms with E-state index in [1.54, 1.807) is 54.6 Å². The van der Waals surface area contributed by atoms with E-state index in [1.165, 1.54) is 12.0 Å². The van der Waals surface area contributed by atoms with E-state index in [9.17, 15) is 21.6 Å². The van der Waals surface area contributed by atoms with Crippen LogP contribution >= 0.6 is 0 Å². The molecule has 3 aromatic rings. The fourth-order valence-corrected chi connectivity index (χ4v) is 4.52. The van der Waals surface area contributed by atoms with Gasteiger partial charge < -0.3 is 9.64 Å². The van der Waals surface area contributed by atoms with Gasteiger partial charge >= 0.3 is 6.18 Å². The number of alkyl halides is 3. The number of halogens is 4. The molecule has 0 bridgehead atoms. The lowest BCUT2D eigenvalue weighted by atomic mass is 10.1. The van der Waals surface area contributed by atoms with Gasteiger partial charge in [0.25, 0.3) is 0 Å². The van der Waals surface area contributed by atoms with E-state index in [1.807, 2.05) is 0 Å². The molecule has 0 aliphatic carbocycles. The Balaban J connectivity index is 2.15. The Kier molecular flexibility index (Phi) is 7.61. The molecule has 2 aromatic carbocycles. The maximum absolute atomic E-state index is 15.1. The number of nitrogens with zero attached hydrogens (tertiary/aromatic N) is 2. The number of sulfone groups is 1. The maximum Gasteiger partial charge on any atom is 0.419 e. The molecule has 0 radical (unpaired) electrons. The summed E-state index contributed by atoms with van der Waals surface area (Å²) in [6.07, 6.45) is -4.16. The Bertz CT molecular complexity index is 1250. The van der Waals surface area contributed by atoms with Crippen molar-refractivity contribution < 1.29 is 30.7 Å². The molecule has 0 saturated carbocycles. The highest BCUT2D eigenvalue weighted by atomic mass is 32.2. The van der Waals surface area contributed by atoms with E-state index in [2.05, 4.69) is 11.6 Å². The topological polar surface area (TPSA) is 59.5 Å². The number of rotatable bonds is 9. The summed E-state index contributed by atoms with van der Waals surface area (Å²) in [7, 11) is -3.01. The summed E-state index contributed by atoms with van der Waals surface area (Å²) in [6.45, 7) is 3.40. The van der Waals surface area contributed by atoms with Gasteiger partial charge in [-0.1, -0.05) is 48.5 Å². The number of methoxy groups -OCH3 is 1. The van der Waals surface area contributed by atoms with Crippen LogP contribution in [-0.4, -0.2) is 26.3 Å². The van der Waals surface area contributed by atoms with Gasteiger partial charge in [-0.05, 0) is 29.3 Å². The van der Waals surface area contributed by atoms with Crippen LogP contribution in [0.1, 0.15) is 16.7 Å². The van der Waals surface area contributed by atoms with Crippen molar-refractivity contribution in [3.63, 3.8) is 0 Å². The van der Waals surface area contributed by atoms with Crippen molar-refractivity contribution in [1.82, 2.24) is 4.98 Å². The number of hydrogen-bond acceptors (Lipinski definition) is 5. The van der Waals surface area contributed by atoms with E-state index >= 15 is 4.39 Å². The van der Waals surface area contributed by atoms with Crippen LogP contribution in [-0.2, 0) is 29.1 Å². The molecule has 0 spiro atoms. The van der Waals surface area contributed by atoms with Gasteiger partial charge in [0, 0.05) is 13.1 Å². The summed E-state index contributed by atoms with van der Waals surface area (Å²) in [5.41, 5.74) is -0.236. The smallest absolute Gasteiger partial charge is 0.419 e. The molecule has 0 N–H and O–H groups in total. The molecule has 0 atom stereocenters. The normalized spacial score (nSPS) is 11.8. The zero-order chi connectivity index (χ0) is 24.9. The first-order chi connectivity index (χ1) is 16.0. The second-order valence-electron chi connectivity index (χ2n) is 7.40. The summed E-state index contributed by atoms with van der Waals surface area (Å²) in [4.78, 5) is 5.11. The molecule has 0 aliphatic rings. The Morgan fingerprint density at radius 2 is 1.62 bits per heavy atom. The lowest BCUT2D eigenvalue weighted by Crippen LogP contribution is -2.27. The van der Waals surface area contributed by atoms with Crippen LogP contribution in [0.15, 0.2) is 78.3 Å². The van der Waals surface area contributed by atoms with Crippen molar-refractivity contribution >= 4 is 15.7 Å². The lowest BCUT2D eigenvalue weighted by Gasteiger charge is -2.26. The van der Waals surface area contributed by atoms with Crippen LogP contribution in [0.3, 0.4) is 0 Å². The van der Waals surface area contributed by atoms with Crippen molar-refractivity contribution in [3.05, 3.63) is 95.8 Å². The standard InChI is InChI=1S/C24H22F4N2O3S/c1-3-13-34(31,32)23-20(24(26,27)28)14-21(25)22(29-23)30(15-17-7-5-4-6-8-17)16-18-9-11-19(33-2)12-10-18/h3-12,14H,1,13,15-16H2,2H3. The largest absolute Gasteiger partial charge is 0.497 e. The van der Waals surface area contributed by atoms with Crippen LogP contribution in [0.4, 0.5) is 23.4 Å². The molecule has 0 fully saturated rings. The monoisotopic (exact) mass is 494 g/mol. The molecule has 10 heteroatoms. The van der Waals surface area contributed by atoms with Gasteiger partial charge in [0.1, 0.15) is 5.75 Å². The third-order valence-corrected chi connectivity index (χ3v) is 6.48. The number of aromatic nitrogens is 1. The van der Waals surface area contributed by atoms with Gasteiger partial charge in [-0.3, -0.25) is 0 Å². The van der Waals surface area contributed by atoms with Crippen molar-refractivity contribution in [3.8, 4) is 5.75 Å². The molecule has 5 nitrogen and oxygen atoms in total. The minimum atomic E-state index is -5.11. The van der Waals surface area contributed by atoms with Crippen molar-refractivity contribution in [2.45, 2.75) is 24.3 Å². The number of hydrogen-bond donors (Lipinski definition) is 0. The molecule has 3 rings (SSSR count). The first kappa shape index (κ1) is 25.2. The summed E-state index contributed by atoms with van der Waals surface area (Å²) in [5.74, 6) is -1.97. The summed E-state index contributed by atoms with van der Waals surface area (Å²) >= 11 is 0. The van der Waals surface area contributed by atoms with E-state index < -0.39 is 44.0 Å². The fraction of sp³-hybridized carbons (Fsp3) is 0.208. The molecular weight excluding hydrogens is 472 g/mol. The number of ether oxygens (including phenoxy) is 1. The predicted molar refractivity (Wildman–Crippen MR) is 121 cm³/mol. The molecular formula is C24H22F4N2O3S. The van der Waals surface area contributed by atoms with Gasteiger partial charge in [-0.2, -0.15) is 13.2 Å². The first-order valence-electron chi connectivity index (χ1n) is 10.1. The average Bonchev–Trinajstić information content (AvgIpc) is 2.79. The Hall–Kier alpha value is -3.40. The highest BCUT2D eigenvalue weighted by Gasteiger charge is 2.40. The Morgan fingerprint density at radius 3 is 2.15 bits per heavy atom. The second kappa shape index (κ2) is 10.3. The quantitative estimate of drug-likeness (QED) is 0.294. The third-order valence-electron chi connectivity index (χ3n) is 4.91. The third kappa shape index (κ3) is 5.93. The predicted octanol–water partition coefficient (Wildman–Crippen LogP) is 5.41. The molecule has 180 valence electrons. The van der Waals surface area contributed by atoms with Crippen molar-refractivity contribution in [2.75, 3.05) is 17.8 Å². The molecule has 0 aliphatic heterocycles. The highest BCUT2D eigenvalue weighted by Crippen LogP contribution is 2.37. The minimum absolute atomic E-state index is 0.0507. The van der Waals surface area contributed by atoms with Gasteiger partial charge in [0.2, 0.25) is 0 Å². The first-order valence-corrected chi connectivity index (χ1v) is 11.7. The van der Waals surface area contributed by atoms with Crippen molar-refractivity contribution in [2.24, 2.45) is 0 Å². The van der Waals surface area contributed by atoms with Gasteiger partial charge in [-0.25, -0.2) is 17.8 Å². The van der Waals surface area contributed by atoms with E-state index in [4.69, 9.17) is 4.74 Å². The Labute approximate surface area is 195 Å². The molecule has 0 amide bonds. The van der Waals surface area contributed by atoms with E-state index in [0.717, 1.165) is 11.6 Å². The molecule has 34 heavy (non-hydrogen) atoms. The average molecular weight is 495 g/mol. The lowest BCUT2D eigenvalue weighted by molar-refractivity contribution is -0.140. The SMILES string of the molecule is C=CCS(=O)(=O)c1nc(N(Cc2ccccc2)Cc2ccc(OC)cc2)c(F)cc1C(F)(F)F. The van der Waals surface area contributed by atoms with Crippen molar-refractivity contribution in [1.29, 1.82) is 0 Å². The highest BCUT2D eigenvalue weighted by molar-refractivity contribution is 7.91. The van der Waals surface area contributed by atoms with Gasteiger partial charge in [0.05, 0.1) is 18.4 Å². The van der Waals surface area contributed by atoms with Crippen LogP contribution in [0, 0.1) is 5.82 Å². The maximum atomic E-state index is 15.1. The van der Waals surface area contributed by atoms with Gasteiger partial charge in [0.15, 0.2) is 26.5 Å². The summed E-state index contributed by atoms with van der Waals surface area (Å²) in [5, 5.41) is -1.23. The van der Waals surface area contributed by atoms with E-state index in [0.29, 0.717) is 11.3 Å². The van der Waals surface area contributed by atoms with Crippen LogP contribution in [0.5, 0.6) is 5.75 Å². The molecule has 0 saturated heterocycles. The fourth-order valence-electron chi connectivity index (χ4n) is 3.32. The molecule has 0 unspecified atom stereocenters. The molecule has 1 heterocycles. The number of benzene rings is 2. The van der Waals surface area contributed by atoms with E-state index in [-0.39, 0.29) is 19.2 Å². The number of anilines is 1. The Morgan fingerprint density at radius 1 is 1.03 bits per heavy atom. The van der Waals surface area contributed by atoms with Crippen LogP contribution in [0.2, 0.25) is 0 Å². The second-order valence-corrected chi connectivity index (χ2v) is 9.35. The minimum Gasteiger partial charge on any atom is -0.497 e. The summed E-state index contributed by atoms with van der Waals surface area (Å²) < 4.78 is 86.1. The zero-order valence-corrected chi connectivity index (χ0v) is 19.0. The van der Waals surface area contributed by atoms with Gasteiger partial charge in [-0.15, -0.1) is 6.58 Å². The van der Waals surface area contributed by atoms with Crippen LogP contribution < -0.4 is 9.64 Å². The molecule has 1 aromatic heterocycles. The summed E-state index contributed by atoms with van der Waals surface area (Å²) in [6, 6.07) is 15.8.